The number of hydrogen-bond donors (Lipinski definition) is 0. The standard InChI is InChI=1S/C7H8N2O3/c1-2-9-7-6(11-4-12-7)5(3-10)8-9/h3H,2,4H2,1H3. The Hall–Kier alpha value is -1.52. The number of hydrogen-bond acceptors (Lipinski definition) is 4. The predicted molar refractivity (Wildman–Crippen MR) is 39.4 cm³/mol. The van der Waals surface area contributed by atoms with Gasteiger partial charge in [-0.1, -0.05) is 0 Å². The number of fused-ring (bicyclic) bond motifs is 1. The van der Waals surface area contributed by atoms with E-state index in [-0.39, 0.29) is 6.79 Å². The molecule has 0 aliphatic carbocycles. The smallest absolute Gasteiger partial charge is 0.259 e. The highest BCUT2D eigenvalue weighted by Crippen LogP contribution is 2.34. The number of aromatic nitrogens is 2. The van der Waals surface area contributed by atoms with Crippen LogP contribution < -0.4 is 9.47 Å². The first-order valence-corrected chi connectivity index (χ1v) is 3.68. The summed E-state index contributed by atoms with van der Waals surface area (Å²) in [7, 11) is 0. The van der Waals surface area contributed by atoms with Crippen molar-refractivity contribution in [2.45, 2.75) is 13.5 Å². The van der Waals surface area contributed by atoms with Crippen LogP contribution in [0.4, 0.5) is 0 Å². The van der Waals surface area contributed by atoms with Gasteiger partial charge in [0.2, 0.25) is 12.5 Å². The van der Waals surface area contributed by atoms with E-state index < -0.39 is 0 Å². The summed E-state index contributed by atoms with van der Waals surface area (Å²) in [5, 5.41) is 3.97. The molecule has 2 heterocycles. The largest absolute Gasteiger partial charge is 0.449 e. The van der Waals surface area contributed by atoms with Gasteiger partial charge in [-0.2, -0.15) is 5.10 Å². The van der Waals surface area contributed by atoms with E-state index in [0.717, 1.165) is 0 Å². The maximum absolute atomic E-state index is 10.5. The summed E-state index contributed by atoms with van der Waals surface area (Å²) >= 11 is 0. The number of carbonyl (C=O) groups is 1. The second-order valence-corrected chi connectivity index (χ2v) is 2.36. The van der Waals surface area contributed by atoms with Gasteiger partial charge >= 0.3 is 0 Å². The predicted octanol–water partition coefficient (Wildman–Crippen LogP) is 0.444. The lowest BCUT2D eigenvalue weighted by Crippen LogP contribution is -2.04. The fourth-order valence-electron chi connectivity index (χ4n) is 1.16. The van der Waals surface area contributed by atoms with Gasteiger partial charge in [0.15, 0.2) is 12.0 Å². The fraction of sp³-hybridized carbons (Fsp3) is 0.429. The van der Waals surface area contributed by atoms with Crippen molar-refractivity contribution in [3.63, 3.8) is 0 Å². The molecule has 5 nitrogen and oxygen atoms in total. The quantitative estimate of drug-likeness (QED) is 0.601. The van der Waals surface area contributed by atoms with Crippen LogP contribution >= 0.6 is 0 Å². The molecule has 0 spiro atoms. The third-order valence-corrected chi connectivity index (χ3v) is 1.70. The number of rotatable bonds is 2. The molecular formula is C7H8N2O3. The molecule has 0 amide bonds. The highest BCUT2D eigenvalue weighted by molar-refractivity contribution is 5.78. The minimum absolute atomic E-state index is 0.175. The highest BCUT2D eigenvalue weighted by atomic mass is 16.7. The van der Waals surface area contributed by atoms with Crippen LogP contribution in [0, 0.1) is 0 Å². The second-order valence-electron chi connectivity index (χ2n) is 2.36. The maximum Gasteiger partial charge on any atom is 0.259 e. The molecule has 0 unspecified atom stereocenters. The van der Waals surface area contributed by atoms with Crippen molar-refractivity contribution in [3.05, 3.63) is 5.69 Å². The van der Waals surface area contributed by atoms with Gasteiger partial charge in [-0.3, -0.25) is 4.79 Å². The fourth-order valence-corrected chi connectivity index (χ4v) is 1.16. The van der Waals surface area contributed by atoms with Gasteiger partial charge < -0.3 is 9.47 Å². The van der Waals surface area contributed by atoms with Crippen LogP contribution in [0.15, 0.2) is 0 Å². The highest BCUT2D eigenvalue weighted by Gasteiger charge is 2.24. The van der Waals surface area contributed by atoms with Crippen LogP contribution in [0.3, 0.4) is 0 Å². The van der Waals surface area contributed by atoms with Crippen LogP contribution in [-0.4, -0.2) is 22.9 Å². The van der Waals surface area contributed by atoms with E-state index >= 15 is 0 Å². The summed E-state index contributed by atoms with van der Waals surface area (Å²) in [6.07, 6.45) is 0.666. The summed E-state index contributed by atoms with van der Waals surface area (Å²) in [4.78, 5) is 10.5. The molecular weight excluding hydrogens is 160 g/mol. The van der Waals surface area contributed by atoms with Crippen molar-refractivity contribution in [3.8, 4) is 11.6 Å². The van der Waals surface area contributed by atoms with E-state index in [4.69, 9.17) is 9.47 Å². The summed E-state index contributed by atoms with van der Waals surface area (Å²) < 4.78 is 11.8. The molecule has 0 aromatic carbocycles. The van der Waals surface area contributed by atoms with E-state index in [1.54, 1.807) is 4.68 Å². The molecule has 12 heavy (non-hydrogen) atoms. The average molecular weight is 168 g/mol. The molecule has 0 saturated heterocycles. The first-order chi connectivity index (χ1) is 5.86. The zero-order valence-electron chi connectivity index (χ0n) is 6.61. The third-order valence-electron chi connectivity index (χ3n) is 1.70. The molecule has 1 aliphatic heterocycles. The van der Waals surface area contributed by atoms with Crippen LogP contribution in [0.5, 0.6) is 11.6 Å². The molecule has 0 N–H and O–H groups in total. The Labute approximate surface area is 68.9 Å². The Bertz CT molecular complexity index is 319. The van der Waals surface area contributed by atoms with Crippen molar-refractivity contribution >= 4 is 6.29 Å². The van der Waals surface area contributed by atoms with E-state index in [1.165, 1.54) is 0 Å². The summed E-state index contributed by atoms with van der Waals surface area (Å²) in [6, 6.07) is 0. The number of aldehydes is 1. The molecule has 1 aromatic heterocycles. The average Bonchev–Trinajstić information content (AvgIpc) is 2.63. The molecule has 1 aromatic rings. The Balaban J connectivity index is 2.54. The topological polar surface area (TPSA) is 53.4 Å². The van der Waals surface area contributed by atoms with Gasteiger partial charge in [0.25, 0.3) is 5.88 Å². The normalized spacial score (nSPS) is 13.4. The van der Waals surface area contributed by atoms with Gasteiger partial charge in [-0.05, 0) is 6.92 Å². The first-order valence-electron chi connectivity index (χ1n) is 3.68. The number of carbonyl (C=O) groups excluding carboxylic acids is 1. The molecule has 1 aliphatic rings. The number of ether oxygens (including phenoxy) is 2. The molecule has 2 rings (SSSR count). The van der Waals surface area contributed by atoms with Gasteiger partial charge in [-0.15, -0.1) is 0 Å². The molecule has 5 heteroatoms. The van der Waals surface area contributed by atoms with E-state index in [2.05, 4.69) is 5.10 Å². The molecule has 0 radical (unpaired) electrons. The molecule has 0 atom stereocenters. The maximum atomic E-state index is 10.5. The van der Waals surface area contributed by atoms with Crippen molar-refractivity contribution in [1.82, 2.24) is 9.78 Å². The monoisotopic (exact) mass is 168 g/mol. The Morgan fingerprint density at radius 2 is 2.50 bits per heavy atom. The van der Waals surface area contributed by atoms with Crippen LogP contribution in [-0.2, 0) is 6.54 Å². The van der Waals surface area contributed by atoms with E-state index in [1.807, 2.05) is 6.92 Å². The Morgan fingerprint density at radius 3 is 3.17 bits per heavy atom. The van der Waals surface area contributed by atoms with Crippen molar-refractivity contribution in [2.75, 3.05) is 6.79 Å². The molecule has 0 saturated carbocycles. The third kappa shape index (κ3) is 0.792. The molecule has 64 valence electrons. The van der Waals surface area contributed by atoms with Crippen LogP contribution in [0.1, 0.15) is 17.4 Å². The van der Waals surface area contributed by atoms with E-state index in [9.17, 15) is 4.79 Å². The second kappa shape index (κ2) is 2.51. The van der Waals surface area contributed by atoms with Crippen molar-refractivity contribution < 1.29 is 14.3 Å². The lowest BCUT2D eigenvalue weighted by molar-refractivity contribution is 0.110. The van der Waals surface area contributed by atoms with Crippen LogP contribution in [0.25, 0.3) is 0 Å². The van der Waals surface area contributed by atoms with Gasteiger partial charge in [0, 0.05) is 6.54 Å². The minimum atomic E-state index is 0.175. The summed E-state index contributed by atoms with van der Waals surface area (Å²) in [5.74, 6) is 1.02. The number of aryl methyl sites for hydroxylation is 1. The lowest BCUT2D eigenvalue weighted by Gasteiger charge is -1.97. The minimum Gasteiger partial charge on any atom is -0.449 e. The Morgan fingerprint density at radius 1 is 1.67 bits per heavy atom. The van der Waals surface area contributed by atoms with Crippen molar-refractivity contribution in [1.29, 1.82) is 0 Å². The lowest BCUT2D eigenvalue weighted by atomic mass is 10.4. The molecule has 0 bridgehead atoms. The summed E-state index contributed by atoms with van der Waals surface area (Å²) in [6.45, 7) is 2.76. The van der Waals surface area contributed by atoms with E-state index in [0.29, 0.717) is 30.2 Å². The summed E-state index contributed by atoms with van der Waals surface area (Å²) in [5.41, 5.74) is 0.310. The number of nitrogens with zero attached hydrogens (tertiary/aromatic N) is 2. The SMILES string of the molecule is CCn1nc(C=O)c2c1OCO2. The van der Waals surface area contributed by atoms with Crippen molar-refractivity contribution in [2.24, 2.45) is 0 Å². The van der Waals surface area contributed by atoms with Crippen LogP contribution in [0.2, 0.25) is 0 Å². The van der Waals surface area contributed by atoms with Gasteiger partial charge in [-0.25, -0.2) is 4.68 Å². The zero-order chi connectivity index (χ0) is 8.55. The zero-order valence-corrected chi connectivity index (χ0v) is 6.61. The first kappa shape index (κ1) is 7.15. The molecule has 0 fully saturated rings. The van der Waals surface area contributed by atoms with Gasteiger partial charge in [0.05, 0.1) is 0 Å². The Kier molecular flexibility index (Phi) is 1.49. The van der Waals surface area contributed by atoms with Gasteiger partial charge in [0.1, 0.15) is 0 Å².